The summed E-state index contributed by atoms with van der Waals surface area (Å²) in [5.41, 5.74) is 5.92. The minimum atomic E-state index is -0.539. The van der Waals surface area contributed by atoms with E-state index in [-0.39, 0.29) is 0 Å². The summed E-state index contributed by atoms with van der Waals surface area (Å²) in [6.45, 7) is 0. The lowest BCUT2D eigenvalue weighted by Gasteiger charge is -1.96. The Kier molecular flexibility index (Phi) is 2.68. The number of primary amides is 1. The van der Waals surface area contributed by atoms with Gasteiger partial charge in [-0.15, -0.1) is 0 Å². The smallest absolute Gasteiger partial charge is 0.249 e. The van der Waals surface area contributed by atoms with Gasteiger partial charge in [0.2, 0.25) is 5.91 Å². The highest BCUT2D eigenvalue weighted by Gasteiger charge is 2.03. The van der Waals surface area contributed by atoms with Crippen LogP contribution in [-0.4, -0.2) is 5.91 Å². The number of nitrogens with zero attached hydrogens (tertiary/aromatic N) is 1. The Morgan fingerprint density at radius 3 is 2.69 bits per heavy atom. The fourth-order valence-corrected chi connectivity index (χ4v) is 0.902. The Morgan fingerprint density at radius 1 is 1.38 bits per heavy atom. The molecule has 0 unspecified atom stereocenters. The molecule has 0 spiro atoms. The first kappa shape index (κ1) is 8.83. The molecule has 0 aliphatic carbocycles. The number of amides is 1. The lowest BCUT2D eigenvalue weighted by Crippen LogP contribution is -2.12. The van der Waals surface area contributed by atoms with Crippen LogP contribution >= 0.6 is 0 Å². The van der Waals surface area contributed by atoms with Gasteiger partial charge in [0, 0.05) is 11.5 Å². The Hall–Kier alpha value is -2.26. The van der Waals surface area contributed by atoms with Gasteiger partial charge in [0.05, 0.1) is 5.56 Å². The Morgan fingerprint density at radius 2 is 2.08 bits per heavy atom. The quantitative estimate of drug-likeness (QED) is 0.629. The van der Waals surface area contributed by atoms with E-state index in [2.05, 4.69) is 11.8 Å². The Bertz CT molecular complexity index is 432. The SMILES string of the molecule is N#CC#Cc1ccccc1C(N)=O. The lowest BCUT2D eigenvalue weighted by molar-refractivity contribution is 0.1000. The minimum absolute atomic E-state index is 0.338. The number of carbonyl (C=O) groups excluding carboxylic acids is 1. The van der Waals surface area contributed by atoms with E-state index in [9.17, 15) is 4.79 Å². The highest BCUT2D eigenvalue weighted by molar-refractivity contribution is 5.95. The van der Waals surface area contributed by atoms with Crippen LogP contribution in [0.1, 0.15) is 15.9 Å². The number of carbonyl (C=O) groups is 1. The van der Waals surface area contributed by atoms with Gasteiger partial charge in [0.15, 0.2) is 6.07 Å². The average Bonchev–Trinajstić information content (AvgIpc) is 2.15. The largest absolute Gasteiger partial charge is 0.366 e. The van der Waals surface area contributed by atoms with Crippen LogP contribution in [-0.2, 0) is 0 Å². The van der Waals surface area contributed by atoms with Gasteiger partial charge in [0.25, 0.3) is 0 Å². The van der Waals surface area contributed by atoms with Crippen molar-refractivity contribution in [2.24, 2.45) is 5.73 Å². The van der Waals surface area contributed by atoms with Gasteiger partial charge >= 0.3 is 0 Å². The van der Waals surface area contributed by atoms with E-state index in [1.807, 2.05) is 0 Å². The van der Waals surface area contributed by atoms with Crippen LogP contribution in [0.2, 0.25) is 0 Å². The maximum Gasteiger partial charge on any atom is 0.249 e. The highest BCUT2D eigenvalue weighted by atomic mass is 16.1. The topological polar surface area (TPSA) is 66.9 Å². The van der Waals surface area contributed by atoms with Crippen molar-refractivity contribution < 1.29 is 4.79 Å². The predicted molar refractivity (Wildman–Crippen MR) is 47.5 cm³/mol. The second-order valence-corrected chi connectivity index (χ2v) is 2.27. The van der Waals surface area contributed by atoms with Crippen LogP contribution < -0.4 is 5.73 Å². The van der Waals surface area contributed by atoms with Crippen LogP contribution in [0.25, 0.3) is 0 Å². The molecule has 1 rings (SSSR count). The summed E-state index contributed by atoms with van der Waals surface area (Å²) in [5.74, 6) is 4.20. The normalized spacial score (nSPS) is 7.92. The molecule has 62 valence electrons. The summed E-state index contributed by atoms with van der Waals surface area (Å²) in [6, 6.07) is 8.31. The molecule has 1 aromatic carbocycles. The molecule has 0 heterocycles. The molecule has 1 amide bonds. The number of nitriles is 1. The second kappa shape index (κ2) is 3.94. The molecule has 3 heteroatoms. The molecule has 2 N–H and O–H groups in total. The molecule has 0 fully saturated rings. The summed E-state index contributed by atoms with van der Waals surface area (Å²) in [7, 11) is 0. The van der Waals surface area contributed by atoms with Gasteiger partial charge in [0.1, 0.15) is 0 Å². The fourth-order valence-electron chi connectivity index (χ4n) is 0.902. The van der Waals surface area contributed by atoms with E-state index in [1.54, 1.807) is 30.3 Å². The van der Waals surface area contributed by atoms with Crippen molar-refractivity contribution in [3.05, 3.63) is 35.4 Å². The second-order valence-electron chi connectivity index (χ2n) is 2.27. The van der Waals surface area contributed by atoms with Crippen molar-refractivity contribution in [1.29, 1.82) is 5.26 Å². The first-order chi connectivity index (χ1) is 6.25. The summed E-state index contributed by atoms with van der Waals surface area (Å²) >= 11 is 0. The molecule has 0 bridgehead atoms. The molecule has 0 aliphatic rings. The monoisotopic (exact) mass is 170 g/mol. The molecule has 0 atom stereocenters. The fraction of sp³-hybridized carbons (Fsp3) is 0. The van der Waals surface area contributed by atoms with Crippen LogP contribution in [0, 0.1) is 23.2 Å². The van der Waals surface area contributed by atoms with Crippen molar-refractivity contribution in [3.63, 3.8) is 0 Å². The van der Waals surface area contributed by atoms with Crippen molar-refractivity contribution in [2.45, 2.75) is 0 Å². The third-order valence-corrected chi connectivity index (χ3v) is 1.45. The van der Waals surface area contributed by atoms with Crippen LogP contribution in [0.3, 0.4) is 0 Å². The van der Waals surface area contributed by atoms with Gasteiger partial charge in [-0.25, -0.2) is 0 Å². The van der Waals surface area contributed by atoms with Crippen molar-refractivity contribution >= 4 is 5.91 Å². The Balaban J connectivity index is 3.22. The zero-order valence-electron chi connectivity index (χ0n) is 6.74. The summed E-state index contributed by atoms with van der Waals surface area (Å²) in [6.07, 6.45) is 0. The predicted octanol–water partition coefficient (Wildman–Crippen LogP) is 0.661. The standard InChI is InChI=1S/C10H6N2O/c11-7-3-5-8-4-1-2-6-9(8)10(12)13/h1-2,4,6H,(H2,12,13). The van der Waals surface area contributed by atoms with Crippen molar-refractivity contribution in [1.82, 2.24) is 0 Å². The van der Waals surface area contributed by atoms with E-state index in [0.29, 0.717) is 11.1 Å². The van der Waals surface area contributed by atoms with Crippen LogP contribution in [0.5, 0.6) is 0 Å². The van der Waals surface area contributed by atoms with E-state index < -0.39 is 5.91 Å². The van der Waals surface area contributed by atoms with Gasteiger partial charge in [-0.3, -0.25) is 4.79 Å². The number of hydrogen-bond acceptors (Lipinski definition) is 2. The molecule has 0 aliphatic heterocycles. The van der Waals surface area contributed by atoms with E-state index in [0.717, 1.165) is 0 Å². The molecule has 0 saturated heterocycles. The van der Waals surface area contributed by atoms with E-state index in [1.165, 1.54) is 0 Å². The molecule has 0 saturated carbocycles. The van der Waals surface area contributed by atoms with Crippen molar-refractivity contribution in [2.75, 3.05) is 0 Å². The summed E-state index contributed by atoms with van der Waals surface area (Å²) in [5, 5.41) is 8.22. The number of nitrogens with two attached hydrogens (primary N) is 1. The average molecular weight is 170 g/mol. The van der Waals surface area contributed by atoms with Crippen LogP contribution in [0.15, 0.2) is 24.3 Å². The number of rotatable bonds is 1. The number of hydrogen-bond donors (Lipinski definition) is 1. The summed E-state index contributed by atoms with van der Waals surface area (Å²) < 4.78 is 0. The highest BCUT2D eigenvalue weighted by Crippen LogP contribution is 2.05. The first-order valence-electron chi connectivity index (χ1n) is 3.54. The van der Waals surface area contributed by atoms with E-state index in [4.69, 9.17) is 11.0 Å². The molecule has 1 aromatic rings. The van der Waals surface area contributed by atoms with Gasteiger partial charge < -0.3 is 5.73 Å². The zero-order chi connectivity index (χ0) is 9.68. The minimum Gasteiger partial charge on any atom is -0.366 e. The molecular weight excluding hydrogens is 164 g/mol. The third-order valence-electron chi connectivity index (χ3n) is 1.45. The molecule has 0 radical (unpaired) electrons. The van der Waals surface area contributed by atoms with E-state index >= 15 is 0 Å². The maximum absolute atomic E-state index is 10.9. The molecule has 0 aromatic heterocycles. The first-order valence-corrected chi connectivity index (χ1v) is 3.54. The lowest BCUT2D eigenvalue weighted by atomic mass is 10.1. The molecule has 13 heavy (non-hydrogen) atoms. The van der Waals surface area contributed by atoms with Gasteiger partial charge in [-0.1, -0.05) is 12.1 Å². The van der Waals surface area contributed by atoms with Gasteiger partial charge in [-0.2, -0.15) is 5.26 Å². The number of benzene rings is 1. The Labute approximate surface area is 75.8 Å². The maximum atomic E-state index is 10.9. The van der Waals surface area contributed by atoms with Gasteiger partial charge in [-0.05, 0) is 18.1 Å². The molecule has 3 nitrogen and oxygen atoms in total. The third kappa shape index (κ3) is 2.08. The van der Waals surface area contributed by atoms with Crippen LogP contribution in [0.4, 0.5) is 0 Å². The van der Waals surface area contributed by atoms with Crippen molar-refractivity contribution in [3.8, 4) is 17.9 Å². The zero-order valence-corrected chi connectivity index (χ0v) is 6.74. The molecular formula is C10H6N2O. The summed E-state index contributed by atoms with van der Waals surface area (Å²) in [4.78, 5) is 10.9.